The molecule has 19 heavy (non-hydrogen) atoms. The minimum atomic E-state index is -0.943. The van der Waals surface area contributed by atoms with E-state index in [0.29, 0.717) is 15.6 Å². The van der Waals surface area contributed by atoms with Crippen LogP contribution in [0.25, 0.3) is 0 Å². The molecule has 0 heterocycles. The van der Waals surface area contributed by atoms with Gasteiger partial charge >= 0.3 is 0 Å². The summed E-state index contributed by atoms with van der Waals surface area (Å²) >= 11 is 8.91. The van der Waals surface area contributed by atoms with Crippen LogP contribution in [0.1, 0.15) is 17.2 Å². The van der Waals surface area contributed by atoms with E-state index in [1.54, 1.807) is 6.07 Å². The fourth-order valence-corrected chi connectivity index (χ4v) is 2.58. The second-order valence-electron chi connectivity index (χ2n) is 4.20. The Hall–Kier alpha value is -0.970. The molecule has 0 saturated carbocycles. The molecule has 0 aliphatic rings. The Kier molecular flexibility index (Phi) is 4.55. The highest BCUT2D eigenvalue weighted by Crippen LogP contribution is 2.24. The van der Waals surface area contributed by atoms with Gasteiger partial charge in [0.15, 0.2) is 0 Å². The molecular formula is C14H10BrClF2O. The van der Waals surface area contributed by atoms with Crippen molar-refractivity contribution >= 4 is 27.5 Å². The topological polar surface area (TPSA) is 20.2 Å². The van der Waals surface area contributed by atoms with Crippen molar-refractivity contribution in [3.05, 3.63) is 68.7 Å². The van der Waals surface area contributed by atoms with Crippen LogP contribution in [-0.4, -0.2) is 5.11 Å². The van der Waals surface area contributed by atoms with Gasteiger partial charge in [-0.25, -0.2) is 8.78 Å². The van der Waals surface area contributed by atoms with Gasteiger partial charge in [0.25, 0.3) is 0 Å². The van der Waals surface area contributed by atoms with E-state index in [-0.39, 0.29) is 11.4 Å². The highest BCUT2D eigenvalue weighted by Gasteiger charge is 2.12. The Morgan fingerprint density at radius 2 is 1.74 bits per heavy atom. The summed E-state index contributed by atoms with van der Waals surface area (Å²) in [6.07, 6.45) is -0.766. The van der Waals surface area contributed by atoms with Gasteiger partial charge in [0.2, 0.25) is 0 Å². The van der Waals surface area contributed by atoms with Crippen LogP contribution in [0.2, 0.25) is 5.02 Å². The van der Waals surface area contributed by atoms with Gasteiger partial charge < -0.3 is 5.11 Å². The first-order chi connectivity index (χ1) is 8.94. The second-order valence-corrected chi connectivity index (χ2v) is 5.55. The summed E-state index contributed by atoms with van der Waals surface area (Å²) in [6.45, 7) is 0. The van der Waals surface area contributed by atoms with Crippen molar-refractivity contribution in [1.29, 1.82) is 0 Å². The molecule has 1 unspecified atom stereocenters. The summed E-state index contributed by atoms with van der Waals surface area (Å²) in [6, 6.07) is 8.22. The van der Waals surface area contributed by atoms with E-state index in [4.69, 9.17) is 11.6 Å². The van der Waals surface area contributed by atoms with Gasteiger partial charge in [-0.2, -0.15) is 0 Å². The number of aliphatic hydroxyl groups is 1. The molecule has 0 fully saturated rings. The van der Waals surface area contributed by atoms with Gasteiger partial charge in [0.05, 0.1) is 6.10 Å². The molecule has 2 aromatic carbocycles. The Morgan fingerprint density at radius 1 is 1.05 bits per heavy atom. The fraction of sp³-hybridized carbons (Fsp3) is 0.143. The molecule has 2 aromatic rings. The third-order valence-corrected chi connectivity index (χ3v) is 3.30. The Bertz CT molecular complexity index is 563. The molecule has 2 rings (SSSR count). The average molecular weight is 348 g/mol. The predicted octanol–water partition coefficient (Wildman–Crippen LogP) is 4.66. The monoisotopic (exact) mass is 346 g/mol. The smallest absolute Gasteiger partial charge is 0.125 e. The van der Waals surface area contributed by atoms with Crippen LogP contribution >= 0.6 is 27.5 Å². The van der Waals surface area contributed by atoms with E-state index in [1.807, 2.05) is 0 Å². The summed E-state index contributed by atoms with van der Waals surface area (Å²) < 4.78 is 27.0. The summed E-state index contributed by atoms with van der Waals surface area (Å²) in [5.74, 6) is -0.907. The van der Waals surface area contributed by atoms with Crippen LogP contribution in [0.3, 0.4) is 0 Å². The molecule has 0 saturated heterocycles. The molecule has 1 atom stereocenters. The van der Waals surface area contributed by atoms with Crippen molar-refractivity contribution in [3.8, 4) is 0 Å². The number of benzene rings is 2. The highest BCUT2D eigenvalue weighted by atomic mass is 79.9. The quantitative estimate of drug-likeness (QED) is 0.856. The molecule has 0 aliphatic carbocycles. The van der Waals surface area contributed by atoms with Gasteiger partial charge in [-0.1, -0.05) is 27.5 Å². The average Bonchev–Trinajstić information content (AvgIpc) is 2.25. The minimum Gasteiger partial charge on any atom is -0.388 e. The zero-order valence-electron chi connectivity index (χ0n) is 9.71. The largest absolute Gasteiger partial charge is 0.388 e. The number of halogens is 4. The van der Waals surface area contributed by atoms with Gasteiger partial charge in [-0.3, -0.25) is 0 Å². The van der Waals surface area contributed by atoms with Crippen molar-refractivity contribution in [2.24, 2.45) is 0 Å². The minimum absolute atomic E-state index is 0.177. The first-order valence-corrected chi connectivity index (χ1v) is 6.70. The number of aliphatic hydroxyl groups excluding tert-OH is 1. The van der Waals surface area contributed by atoms with E-state index < -0.39 is 17.7 Å². The van der Waals surface area contributed by atoms with Gasteiger partial charge in [-0.15, -0.1) is 0 Å². The lowest BCUT2D eigenvalue weighted by atomic mass is 10.0. The maximum Gasteiger partial charge on any atom is 0.125 e. The van der Waals surface area contributed by atoms with Crippen molar-refractivity contribution in [2.45, 2.75) is 12.5 Å². The Balaban J connectivity index is 2.22. The van der Waals surface area contributed by atoms with E-state index in [0.717, 1.165) is 6.07 Å². The van der Waals surface area contributed by atoms with Crippen molar-refractivity contribution in [3.63, 3.8) is 0 Å². The van der Waals surface area contributed by atoms with Crippen molar-refractivity contribution in [2.75, 3.05) is 0 Å². The lowest BCUT2D eigenvalue weighted by Crippen LogP contribution is -2.03. The molecule has 5 heteroatoms. The van der Waals surface area contributed by atoms with E-state index in [9.17, 15) is 13.9 Å². The predicted molar refractivity (Wildman–Crippen MR) is 74.2 cm³/mol. The summed E-state index contributed by atoms with van der Waals surface area (Å²) in [5.41, 5.74) is 0.977. The molecule has 0 aliphatic heterocycles. The Labute approximate surface area is 123 Å². The van der Waals surface area contributed by atoms with Crippen LogP contribution in [0, 0.1) is 11.6 Å². The molecule has 1 nitrogen and oxygen atoms in total. The Morgan fingerprint density at radius 3 is 2.37 bits per heavy atom. The molecule has 100 valence electrons. The van der Waals surface area contributed by atoms with Crippen LogP contribution < -0.4 is 0 Å². The van der Waals surface area contributed by atoms with E-state index >= 15 is 0 Å². The van der Waals surface area contributed by atoms with Crippen molar-refractivity contribution in [1.82, 2.24) is 0 Å². The normalized spacial score (nSPS) is 12.5. The van der Waals surface area contributed by atoms with Gasteiger partial charge in [0.1, 0.15) is 11.6 Å². The molecule has 0 amide bonds. The number of hydrogen-bond donors (Lipinski definition) is 1. The van der Waals surface area contributed by atoms with E-state index in [1.165, 1.54) is 24.3 Å². The standard InChI is InChI=1S/C14H10BrClF2O/c15-10-1-8(2-12(17)6-10)3-14(19)9-4-11(16)7-13(18)5-9/h1-2,4-7,14,19H,3H2. The zero-order valence-corrected chi connectivity index (χ0v) is 12.0. The first kappa shape index (κ1) is 14.4. The second kappa shape index (κ2) is 5.99. The zero-order chi connectivity index (χ0) is 14.0. The van der Waals surface area contributed by atoms with Crippen molar-refractivity contribution < 1.29 is 13.9 Å². The third-order valence-electron chi connectivity index (χ3n) is 2.62. The summed E-state index contributed by atoms with van der Waals surface area (Å²) in [5, 5.41) is 10.3. The molecule has 0 spiro atoms. The summed E-state index contributed by atoms with van der Waals surface area (Å²) in [4.78, 5) is 0. The van der Waals surface area contributed by atoms with Gasteiger partial charge in [-0.05, 0) is 47.5 Å². The first-order valence-electron chi connectivity index (χ1n) is 5.53. The molecular weight excluding hydrogens is 338 g/mol. The molecule has 0 radical (unpaired) electrons. The van der Waals surface area contributed by atoms with Crippen LogP contribution in [-0.2, 0) is 6.42 Å². The third kappa shape index (κ3) is 4.00. The molecule has 0 bridgehead atoms. The van der Waals surface area contributed by atoms with Crippen LogP contribution in [0.15, 0.2) is 40.9 Å². The molecule has 1 N–H and O–H groups in total. The number of rotatable bonds is 3. The van der Waals surface area contributed by atoms with Crippen LogP contribution in [0.5, 0.6) is 0 Å². The lowest BCUT2D eigenvalue weighted by Gasteiger charge is -2.12. The lowest BCUT2D eigenvalue weighted by molar-refractivity contribution is 0.178. The fourth-order valence-electron chi connectivity index (χ4n) is 1.84. The highest BCUT2D eigenvalue weighted by molar-refractivity contribution is 9.10. The molecule has 0 aromatic heterocycles. The van der Waals surface area contributed by atoms with Gasteiger partial charge in [0, 0.05) is 15.9 Å². The SMILES string of the molecule is OC(Cc1cc(F)cc(Br)c1)c1cc(F)cc(Cl)c1. The number of hydrogen-bond acceptors (Lipinski definition) is 1. The van der Waals surface area contributed by atoms with E-state index in [2.05, 4.69) is 15.9 Å². The maximum absolute atomic E-state index is 13.2. The summed E-state index contributed by atoms with van der Waals surface area (Å²) in [7, 11) is 0. The maximum atomic E-state index is 13.2. The van der Waals surface area contributed by atoms with Crippen LogP contribution in [0.4, 0.5) is 8.78 Å².